The average Bonchev–Trinajstić information content (AvgIpc) is 2.40. The highest BCUT2D eigenvalue weighted by Gasteiger charge is 2.05. The number of nitrogens with one attached hydrogen (secondary N) is 3. The highest BCUT2D eigenvalue weighted by Crippen LogP contribution is 2.19. The summed E-state index contributed by atoms with van der Waals surface area (Å²) in [6.45, 7) is 4.27. The van der Waals surface area contributed by atoms with Crippen molar-refractivity contribution in [2.45, 2.75) is 37.6 Å². The van der Waals surface area contributed by atoms with Gasteiger partial charge >= 0.3 is 5.69 Å². The molecule has 6 heteroatoms. The summed E-state index contributed by atoms with van der Waals surface area (Å²) in [4.78, 5) is 28.6. The second-order valence-electron chi connectivity index (χ2n) is 4.35. The first-order chi connectivity index (χ1) is 9.13. The molecule has 1 heterocycles. The van der Waals surface area contributed by atoms with E-state index in [0.717, 1.165) is 17.7 Å². The van der Waals surface area contributed by atoms with Crippen molar-refractivity contribution in [3.05, 3.63) is 39.0 Å². The van der Waals surface area contributed by atoms with Crippen LogP contribution in [0.25, 0.3) is 10.9 Å². The van der Waals surface area contributed by atoms with Crippen molar-refractivity contribution in [2.75, 3.05) is 0 Å². The molecule has 5 nitrogen and oxygen atoms in total. The lowest BCUT2D eigenvalue weighted by Gasteiger charge is -2.13. The number of rotatable bonds is 5. The minimum atomic E-state index is -0.479. The predicted octanol–water partition coefficient (Wildman–Crippen LogP) is 2.00. The van der Waals surface area contributed by atoms with Gasteiger partial charge in [-0.15, -0.1) is 0 Å². The Kier molecular flexibility index (Phi) is 4.44. The topological polar surface area (TPSA) is 77.8 Å². The molecule has 1 aromatic carbocycles. The summed E-state index contributed by atoms with van der Waals surface area (Å²) in [6, 6.07) is 5.87. The molecule has 0 saturated heterocycles. The number of H-pyrrole nitrogens is 2. The van der Waals surface area contributed by atoms with Crippen LogP contribution in [-0.2, 0) is 0 Å². The van der Waals surface area contributed by atoms with Crippen molar-refractivity contribution in [3.63, 3.8) is 0 Å². The Hall–Kier alpha value is -1.53. The molecular formula is C13H17N3O2S. The monoisotopic (exact) mass is 279 g/mol. The van der Waals surface area contributed by atoms with Crippen molar-refractivity contribution in [1.82, 2.24) is 14.7 Å². The van der Waals surface area contributed by atoms with Gasteiger partial charge in [0.05, 0.1) is 10.9 Å². The molecule has 0 spiro atoms. The summed E-state index contributed by atoms with van der Waals surface area (Å²) in [5.41, 5.74) is -0.280. The minimum absolute atomic E-state index is 0.358. The molecule has 0 aliphatic carbocycles. The van der Waals surface area contributed by atoms with Gasteiger partial charge in [-0.1, -0.05) is 13.8 Å². The van der Waals surface area contributed by atoms with Gasteiger partial charge < -0.3 is 4.98 Å². The van der Waals surface area contributed by atoms with Crippen LogP contribution < -0.4 is 16.0 Å². The SMILES string of the molecule is CCC(CC)NSc1ccc2[nH]c(=O)[nH]c(=O)c2c1. The fourth-order valence-corrected chi connectivity index (χ4v) is 2.76. The number of aromatic amines is 2. The van der Waals surface area contributed by atoms with Gasteiger partial charge in [0.25, 0.3) is 5.56 Å². The first-order valence-corrected chi connectivity index (χ1v) is 7.14. The fourth-order valence-electron chi connectivity index (χ4n) is 1.81. The molecule has 2 rings (SSSR count). The zero-order valence-electron chi connectivity index (χ0n) is 10.9. The van der Waals surface area contributed by atoms with Gasteiger partial charge in [0.1, 0.15) is 0 Å². The molecule has 0 atom stereocenters. The number of aromatic nitrogens is 2. The zero-order valence-corrected chi connectivity index (χ0v) is 11.8. The van der Waals surface area contributed by atoms with Gasteiger partial charge in [-0.3, -0.25) is 14.5 Å². The average molecular weight is 279 g/mol. The molecule has 102 valence electrons. The van der Waals surface area contributed by atoms with Gasteiger partial charge in [-0.25, -0.2) is 4.79 Å². The maximum absolute atomic E-state index is 11.7. The van der Waals surface area contributed by atoms with E-state index in [9.17, 15) is 9.59 Å². The van der Waals surface area contributed by atoms with Crippen molar-refractivity contribution in [2.24, 2.45) is 0 Å². The van der Waals surface area contributed by atoms with E-state index in [4.69, 9.17) is 0 Å². The third kappa shape index (κ3) is 3.27. The van der Waals surface area contributed by atoms with Crippen molar-refractivity contribution >= 4 is 22.9 Å². The smallest absolute Gasteiger partial charge is 0.307 e. The second-order valence-corrected chi connectivity index (χ2v) is 5.26. The molecular weight excluding hydrogens is 262 g/mol. The normalized spacial score (nSPS) is 11.3. The lowest BCUT2D eigenvalue weighted by Crippen LogP contribution is -2.22. The van der Waals surface area contributed by atoms with Gasteiger partial charge in [0.15, 0.2) is 0 Å². The molecule has 0 bridgehead atoms. The molecule has 0 saturated carbocycles. The van der Waals surface area contributed by atoms with Crippen LogP contribution >= 0.6 is 11.9 Å². The number of hydrogen-bond donors (Lipinski definition) is 3. The minimum Gasteiger partial charge on any atom is -0.307 e. The molecule has 2 aromatic rings. The Morgan fingerprint density at radius 1 is 1.21 bits per heavy atom. The standard InChI is InChI=1S/C13H17N3O2S/c1-3-8(4-2)16-19-9-5-6-11-10(7-9)12(17)15-13(18)14-11/h5-8,16H,3-4H2,1-2H3,(H2,14,15,17,18). The van der Waals surface area contributed by atoms with Crippen LogP contribution in [0.4, 0.5) is 0 Å². The summed E-state index contributed by atoms with van der Waals surface area (Å²) in [5.74, 6) is 0. The van der Waals surface area contributed by atoms with E-state index in [1.165, 1.54) is 11.9 Å². The molecule has 1 aromatic heterocycles. The summed E-state index contributed by atoms with van der Waals surface area (Å²) in [6.07, 6.45) is 2.12. The van der Waals surface area contributed by atoms with Crippen LogP contribution in [0.5, 0.6) is 0 Å². The Balaban J connectivity index is 2.27. The summed E-state index contributed by atoms with van der Waals surface area (Å²) in [5, 5.41) is 0.496. The Morgan fingerprint density at radius 3 is 2.63 bits per heavy atom. The number of fused-ring (bicyclic) bond motifs is 1. The largest absolute Gasteiger partial charge is 0.326 e. The third-order valence-corrected chi connectivity index (χ3v) is 3.98. The molecule has 0 fully saturated rings. The second kappa shape index (κ2) is 6.08. The lowest BCUT2D eigenvalue weighted by molar-refractivity contribution is 0.591. The van der Waals surface area contributed by atoms with Crippen molar-refractivity contribution in [1.29, 1.82) is 0 Å². The van der Waals surface area contributed by atoms with Crippen LogP contribution in [-0.4, -0.2) is 16.0 Å². The molecule has 0 amide bonds. The van der Waals surface area contributed by atoms with E-state index in [1.54, 1.807) is 12.1 Å². The van der Waals surface area contributed by atoms with E-state index < -0.39 is 5.69 Å². The summed E-state index contributed by atoms with van der Waals surface area (Å²) in [7, 11) is 0. The van der Waals surface area contributed by atoms with Gasteiger partial charge in [0, 0.05) is 10.9 Å². The predicted molar refractivity (Wildman–Crippen MR) is 78.6 cm³/mol. The van der Waals surface area contributed by atoms with E-state index in [2.05, 4.69) is 28.5 Å². The molecule has 0 radical (unpaired) electrons. The van der Waals surface area contributed by atoms with Crippen LogP contribution in [0.1, 0.15) is 26.7 Å². The van der Waals surface area contributed by atoms with E-state index in [0.29, 0.717) is 16.9 Å². The fraction of sp³-hybridized carbons (Fsp3) is 0.385. The molecule has 0 unspecified atom stereocenters. The number of benzene rings is 1. The van der Waals surface area contributed by atoms with Gasteiger partial charge in [-0.2, -0.15) is 0 Å². The Bertz CT molecular complexity index is 673. The van der Waals surface area contributed by atoms with Crippen molar-refractivity contribution in [3.8, 4) is 0 Å². The van der Waals surface area contributed by atoms with Crippen LogP contribution in [0.15, 0.2) is 32.7 Å². The maximum atomic E-state index is 11.7. The summed E-state index contributed by atoms with van der Waals surface area (Å²) < 4.78 is 3.36. The zero-order chi connectivity index (χ0) is 13.8. The van der Waals surface area contributed by atoms with Crippen LogP contribution in [0, 0.1) is 0 Å². The van der Waals surface area contributed by atoms with Gasteiger partial charge in [0.2, 0.25) is 0 Å². The Labute approximate surface area is 115 Å². The molecule has 0 aliphatic rings. The quantitative estimate of drug-likeness (QED) is 0.732. The summed E-state index contributed by atoms with van der Waals surface area (Å²) >= 11 is 1.51. The van der Waals surface area contributed by atoms with Crippen LogP contribution in [0.3, 0.4) is 0 Å². The first-order valence-electron chi connectivity index (χ1n) is 6.32. The third-order valence-electron chi connectivity index (χ3n) is 3.04. The molecule has 19 heavy (non-hydrogen) atoms. The Morgan fingerprint density at radius 2 is 1.95 bits per heavy atom. The molecule has 0 aliphatic heterocycles. The highest BCUT2D eigenvalue weighted by molar-refractivity contribution is 7.97. The van der Waals surface area contributed by atoms with Crippen LogP contribution in [0.2, 0.25) is 0 Å². The highest BCUT2D eigenvalue weighted by atomic mass is 32.2. The van der Waals surface area contributed by atoms with Crippen molar-refractivity contribution < 1.29 is 0 Å². The van der Waals surface area contributed by atoms with Gasteiger partial charge in [-0.05, 0) is 43.0 Å². The number of hydrogen-bond acceptors (Lipinski definition) is 4. The lowest BCUT2D eigenvalue weighted by atomic mass is 10.2. The molecule has 3 N–H and O–H groups in total. The first kappa shape index (κ1) is 13.9. The maximum Gasteiger partial charge on any atom is 0.326 e. The van der Waals surface area contributed by atoms with E-state index >= 15 is 0 Å². The van der Waals surface area contributed by atoms with E-state index in [1.807, 2.05) is 6.07 Å². The van der Waals surface area contributed by atoms with E-state index in [-0.39, 0.29) is 5.56 Å².